The fourth-order valence-corrected chi connectivity index (χ4v) is 4.13. The zero-order valence-corrected chi connectivity index (χ0v) is 14.7. The molecule has 1 aliphatic carbocycles. The molecule has 130 valence electrons. The summed E-state index contributed by atoms with van der Waals surface area (Å²) in [6, 6.07) is 9.56. The molecule has 2 heterocycles. The summed E-state index contributed by atoms with van der Waals surface area (Å²) in [6.45, 7) is 3.89. The average molecular weight is 337 g/mol. The summed E-state index contributed by atoms with van der Waals surface area (Å²) in [7, 11) is 0. The number of aromatic nitrogens is 3. The van der Waals surface area contributed by atoms with Crippen molar-refractivity contribution < 1.29 is 0 Å². The van der Waals surface area contributed by atoms with Crippen molar-refractivity contribution >= 4 is 10.9 Å². The highest BCUT2D eigenvalue weighted by molar-refractivity contribution is 5.80. The number of hydrogen-bond donors (Lipinski definition) is 1. The van der Waals surface area contributed by atoms with E-state index in [1.165, 1.54) is 11.1 Å². The lowest BCUT2D eigenvalue weighted by Gasteiger charge is -2.25. The van der Waals surface area contributed by atoms with E-state index < -0.39 is 0 Å². The van der Waals surface area contributed by atoms with Gasteiger partial charge in [-0.05, 0) is 44.4 Å². The molecule has 0 radical (unpaired) electrons. The second kappa shape index (κ2) is 6.06. The molecule has 25 heavy (non-hydrogen) atoms. The molecule has 1 aliphatic rings. The van der Waals surface area contributed by atoms with Gasteiger partial charge in [-0.25, -0.2) is 4.68 Å². The van der Waals surface area contributed by atoms with Crippen LogP contribution >= 0.6 is 0 Å². The highest BCUT2D eigenvalue weighted by Crippen LogP contribution is 2.29. The monoisotopic (exact) mass is 337 g/mol. The molecule has 0 amide bonds. The molecule has 0 aliphatic heterocycles. The topological polar surface area (TPSA) is 59.8 Å². The number of nitrogens with zero attached hydrogens (tertiary/aromatic N) is 2. The average Bonchev–Trinajstić information content (AvgIpc) is 2.92. The van der Waals surface area contributed by atoms with Gasteiger partial charge in [0.2, 0.25) is 0 Å². The molecule has 3 aromatic rings. The fraction of sp³-hybridized carbons (Fsp3) is 0.400. The number of pyridine rings is 1. The van der Waals surface area contributed by atoms with Crippen LogP contribution in [-0.2, 0) is 0 Å². The first kappa shape index (κ1) is 15.9. The van der Waals surface area contributed by atoms with Gasteiger partial charge in [0.15, 0.2) is 0 Å². The van der Waals surface area contributed by atoms with E-state index in [0.717, 1.165) is 42.6 Å². The summed E-state index contributed by atoms with van der Waals surface area (Å²) in [5, 5.41) is 3.73. The van der Waals surface area contributed by atoms with Crippen molar-refractivity contribution in [2.24, 2.45) is 0 Å². The predicted octanol–water partition coefficient (Wildman–Crippen LogP) is 3.60. The first-order valence-corrected chi connectivity index (χ1v) is 9.00. The van der Waals surface area contributed by atoms with Crippen molar-refractivity contribution in [3.63, 3.8) is 0 Å². The van der Waals surface area contributed by atoms with Gasteiger partial charge in [-0.2, -0.15) is 0 Å². The molecule has 4 rings (SSSR count). The largest absolute Gasteiger partial charge is 0.309 e. The summed E-state index contributed by atoms with van der Waals surface area (Å²) >= 11 is 0. The van der Waals surface area contributed by atoms with Crippen LogP contribution in [0.1, 0.15) is 49.4 Å². The van der Waals surface area contributed by atoms with E-state index in [0.29, 0.717) is 10.9 Å². The summed E-state index contributed by atoms with van der Waals surface area (Å²) in [6.07, 6.45) is 5.56. The molecule has 5 heteroatoms. The number of benzene rings is 1. The van der Waals surface area contributed by atoms with Crippen molar-refractivity contribution in [3.05, 3.63) is 62.3 Å². The van der Waals surface area contributed by atoms with Crippen LogP contribution in [0.2, 0.25) is 0 Å². The van der Waals surface area contributed by atoms with Crippen molar-refractivity contribution in [2.45, 2.75) is 52.0 Å². The zero-order valence-electron chi connectivity index (χ0n) is 14.7. The number of H-pyrrole nitrogens is 1. The molecule has 5 nitrogen and oxygen atoms in total. The van der Waals surface area contributed by atoms with E-state index in [1.54, 1.807) is 6.07 Å². The Labute approximate surface area is 145 Å². The maximum absolute atomic E-state index is 13.0. The third kappa shape index (κ3) is 2.64. The van der Waals surface area contributed by atoms with E-state index in [-0.39, 0.29) is 17.2 Å². The third-order valence-electron chi connectivity index (χ3n) is 5.35. The molecule has 1 N–H and O–H groups in total. The smallest absolute Gasteiger partial charge is 0.280 e. The maximum atomic E-state index is 13.0. The number of aromatic amines is 1. The molecule has 1 aromatic carbocycles. The van der Waals surface area contributed by atoms with Gasteiger partial charge >= 0.3 is 0 Å². The molecule has 0 unspecified atom stereocenters. The van der Waals surface area contributed by atoms with Crippen LogP contribution < -0.4 is 11.1 Å². The number of nitrogens with one attached hydrogen (secondary N) is 1. The predicted molar refractivity (Wildman–Crippen MR) is 99.8 cm³/mol. The lowest BCUT2D eigenvalue weighted by atomic mass is 9.94. The fourth-order valence-electron chi connectivity index (χ4n) is 4.13. The Kier molecular flexibility index (Phi) is 3.86. The summed E-state index contributed by atoms with van der Waals surface area (Å²) in [4.78, 5) is 25.7. The van der Waals surface area contributed by atoms with Gasteiger partial charge in [-0.15, -0.1) is 0 Å². The first-order valence-electron chi connectivity index (χ1n) is 9.00. The minimum absolute atomic E-state index is 0.0189. The van der Waals surface area contributed by atoms with E-state index >= 15 is 0 Å². The lowest BCUT2D eigenvalue weighted by Crippen LogP contribution is -2.28. The van der Waals surface area contributed by atoms with Gasteiger partial charge in [-0.1, -0.05) is 31.4 Å². The van der Waals surface area contributed by atoms with E-state index in [9.17, 15) is 9.59 Å². The van der Waals surface area contributed by atoms with Crippen molar-refractivity contribution in [2.75, 3.05) is 0 Å². The van der Waals surface area contributed by atoms with Gasteiger partial charge in [0.25, 0.3) is 11.1 Å². The SMILES string of the molecule is Cc1cccc(-n2[nH]c3cc(=O)n(C4CCCCC4)c(C)c3c2=O)c1. The Hall–Kier alpha value is -2.56. The minimum Gasteiger partial charge on any atom is -0.309 e. The van der Waals surface area contributed by atoms with Crippen LogP contribution in [0.5, 0.6) is 0 Å². The van der Waals surface area contributed by atoms with Crippen LogP contribution in [0.25, 0.3) is 16.6 Å². The molecule has 0 spiro atoms. The van der Waals surface area contributed by atoms with Crippen molar-refractivity contribution in [3.8, 4) is 5.69 Å². The van der Waals surface area contributed by atoms with Gasteiger partial charge in [0.1, 0.15) is 0 Å². The summed E-state index contributed by atoms with van der Waals surface area (Å²) < 4.78 is 3.38. The van der Waals surface area contributed by atoms with Crippen LogP contribution in [-0.4, -0.2) is 14.3 Å². The molecule has 1 fully saturated rings. The minimum atomic E-state index is -0.0948. The van der Waals surface area contributed by atoms with Crippen LogP contribution in [0.3, 0.4) is 0 Å². The lowest BCUT2D eigenvalue weighted by molar-refractivity contribution is 0.343. The molecule has 1 saturated carbocycles. The van der Waals surface area contributed by atoms with E-state index in [4.69, 9.17) is 0 Å². The molecule has 0 saturated heterocycles. The quantitative estimate of drug-likeness (QED) is 0.777. The summed E-state index contributed by atoms with van der Waals surface area (Å²) in [5.74, 6) is 0. The van der Waals surface area contributed by atoms with Gasteiger partial charge < -0.3 is 4.57 Å². The highest BCUT2D eigenvalue weighted by atomic mass is 16.1. The van der Waals surface area contributed by atoms with E-state index in [1.807, 2.05) is 42.7 Å². The first-order chi connectivity index (χ1) is 12.1. The van der Waals surface area contributed by atoms with E-state index in [2.05, 4.69) is 5.10 Å². The zero-order chi connectivity index (χ0) is 17.6. The highest BCUT2D eigenvalue weighted by Gasteiger charge is 2.21. The van der Waals surface area contributed by atoms with Crippen LogP contribution in [0.4, 0.5) is 0 Å². The normalized spacial score (nSPS) is 15.8. The van der Waals surface area contributed by atoms with Crippen LogP contribution in [0.15, 0.2) is 39.9 Å². The third-order valence-corrected chi connectivity index (χ3v) is 5.35. The molecule has 2 aromatic heterocycles. The Morgan fingerprint density at radius 1 is 1.04 bits per heavy atom. The second-order valence-corrected chi connectivity index (χ2v) is 7.11. The Morgan fingerprint density at radius 3 is 2.52 bits per heavy atom. The number of hydrogen-bond acceptors (Lipinski definition) is 2. The Bertz CT molecular complexity index is 1050. The number of rotatable bonds is 2. The Morgan fingerprint density at radius 2 is 1.80 bits per heavy atom. The van der Waals surface area contributed by atoms with Crippen molar-refractivity contribution in [1.29, 1.82) is 0 Å². The Balaban J connectivity index is 1.94. The van der Waals surface area contributed by atoms with Gasteiger partial charge in [0, 0.05) is 17.8 Å². The second-order valence-electron chi connectivity index (χ2n) is 7.11. The molecular formula is C20H23N3O2. The van der Waals surface area contributed by atoms with Crippen molar-refractivity contribution in [1.82, 2.24) is 14.3 Å². The van der Waals surface area contributed by atoms with Crippen LogP contribution in [0, 0.1) is 13.8 Å². The number of aryl methyl sites for hydroxylation is 2. The maximum Gasteiger partial charge on any atom is 0.280 e. The molecule has 0 atom stereocenters. The summed E-state index contributed by atoms with van der Waals surface area (Å²) in [5.41, 5.74) is 3.15. The van der Waals surface area contributed by atoms with Gasteiger partial charge in [-0.3, -0.25) is 14.7 Å². The molecular weight excluding hydrogens is 314 g/mol. The standard InChI is InChI=1S/C20H23N3O2/c1-13-7-6-10-16(11-13)23-20(25)19-14(2)22(15-8-4-3-5-9-15)18(24)12-17(19)21-23/h6-7,10-12,15,21H,3-5,8-9H2,1-2H3. The van der Waals surface area contributed by atoms with Gasteiger partial charge in [0.05, 0.1) is 16.6 Å². The molecule has 0 bridgehead atoms. The number of fused-ring (bicyclic) bond motifs is 1.